The number of hydrogen-bond acceptors (Lipinski definition) is 8. The number of nitrogens with zero attached hydrogens (tertiary/aromatic N) is 2. The third-order valence-corrected chi connectivity index (χ3v) is 3.35. The normalized spacial score (nSPS) is 15.5. The molecule has 11 nitrogen and oxygen atoms in total. The minimum absolute atomic E-state index is 0.0561. The molecule has 0 radical (unpaired) electrons. The summed E-state index contributed by atoms with van der Waals surface area (Å²) in [7, 11) is 0. The molecular weight excluding hydrogens is 312 g/mol. The summed E-state index contributed by atoms with van der Waals surface area (Å²) >= 11 is 0. The standard InChI is InChI=1S/C12H16N4O7/c1-4-11(22)16(2-5(18)8(20)6(19)3-17)9-7(13-4)10(21)15-12(23)14-9/h5-6,8,17-20H,2-3H2,1H3,(H2,14,15,21,23)/t5-,6+,8-/m1/s1. The van der Waals surface area contributed by atoms with E-state index in [1.54, 1.807) is 0 Å². The van der Waals surface area contributed by atoms with Crippen molar-refractivity contribution in [1.29, 1.82) is 0 Å². The van der Waals surface area contributed by atoms with Gasteiger partial charge in [-0.05, 0) is 6.92 Å². The van der Waals surface area contributed by atoms with Crippen LogP contribution in [-0.4, -0.2) is 64.9 Å². The van der Waals surface area contributed by atoms with Gasteiger partial charge in [0.15, 0.2) is 5.52 Å². The van der Waals surface area contributed by atoms with Gasteiger partial charge >= 0.3 is 5.69 Å². The molecule has 0 aliphatic heterocycles. The lowest BCUT2D eigenvalue weighted by Gasteiger charge is -2.22. The molecule has 0 saturated heterocycles. The van der Waals surface area contributed by atoms with Gasteiger partial charge in [-0.2, -0.15) is 0 Å². The van der Waals surface area contributed by atoms with Crippen LogP contribution in [-0.2, 0) is 6.54 Å². The first kappa shape index (κ1) is 17.0. The number of aliphatic hydroxyl groups is 4. The summed E-state index contributed by atoms with van der Waals surface area (Å²) in [6, 6.07) is 0. The number of rotatable bonds is 5. The smallest absolute Gasteiger partial charge is 0.327 e. The number of hydrogen-bond donors (Lipinski definition) is 6. The van der Waals surface area contributed by atoms with E-state index < -0.39 is 48.3 Å². The quantitative estimate of drug-likeness (QED) is 0.322. The molecule has 23 heavy (non-hydrogen) atoms. The Morgan fingerprint density at radius 3 is 2.39 bits per heavy atom. The molecule has 0 fully saturated rings. The van der Waals surface area contributed by atoms with E-state index >= 15 is 0 Å². The first-order valence-electron chi connectivity index (χ1n) is 6.65. The highest BCUT2D eigenvalue weighted by Gasteiger charge is 2.26. The molecule has 0 unspecified atom stereocenters. The molecule has 0 aliphatic carbocycles. The minimum atomic E-state index is -1.73. The van der Waals surface area contributed by atoms with Gasteiger partial charge in [0.1, 0.15) is 29.7 Å². The van der Waals surface area contributed by atoms with E-state index in [-0.39, 0.29) is 16.9 Å². The number of H-pyrrole nitrogens is 2. The second kappa shape index (κ2) is 6.42. The molecule has 11 heteroatoms. The molecule has 0 aliphatic rings. The molecule has 2 heterocycles. The summed E-state index contributed by atoms with van der Waals surface area (Å²) in [5, 5.41) is 37.7. The van der Waals surface area contributed by atoms with Crippen molar-refractivity contribution < 1.29 is 20.4 Å². The summed E-state index contributed by atoms with van der Waals surface area (Å²) in [4.78, 5) is 43.3. The molecule has 0 amide bonds. The van der Waals surface area contributed by atoms with Crippen molar-refractivity contribution in [2.75, 3.05) is 6.61 Å². The number of aryl methyl sites for hydroxylation is 1. The van der Waals surface area contributed by atoms with Crippen molar-refractivity contribution in [3.8, 4) is 0 Å². The maximum absolute atomic E-state index is 12.2. The van der Waals surface area contributed by atoms with Crippen LogP contribution in [0, 0.1) is 6.92 Å². The highest BCUT2D eigenvalue weighted by Crippen LogP contribution is 2.06. The Hall–Kier alpha value is -2.34. The zero-order chi connectivity index (χ0) is 17.3. The van der Waals surface area contributed by atoms with E-state index in [1.807, 2.05) is 4.98 Å². The molecule has 0 bridgehead atoms. The molecule has 126 valence electrons. The Labute approximate surface area is 127 Å². The summed E-state index contributed by atoms with van der Waals surface area (Å²) < 4.78 is 0.867. The Morgan fingerprint density at radius 2 is 1.78 bits per heavy atom. The van der Waals surface area contributed by atoms with Crippen molar-refractivity contribution in [2.45, 2.75) is 31.8 Å². The second-order valence-electron chi connectivity index (χ2n) is 5.03. The van der Waals surface area contributed by atoms with Crippen LogP contribution in [0.1, 0.15) is 5.69 Å². The molecule has 3 atom stereocenters. The van der Waals surface area contributed by atoms with Gasteiger partial charge in [-0.1, -0.05) is 0 Å². The topological polar surface area (TPSA) is 182 Å². The molecule has 6 N–H and O–H groups in total. The Balaban J connectivity index is 2.60. The zero-order valence-electron chi connectivity index (χ0n) is 12.1. The summed E-state index contributed by atoms with van der Waals surface area (Å²) in [6.07, 6.45) is -4.98. The monoisotopic (exact) mass is 328 g/mol. The summed E-state index contributed by atoms with van der Waals surface area (Å²) in [5.41, 5.74) is -2.87. The first-order chi connectivity index (χ1) is 10.8. The Morgan fingerprint density at radius 1 is 1.13 bits per heavy atom. The molecule has 2 rings (SSSR count). The number of nitrogens with one attached hydrogen (secondary N) is 2. The fourth-order valence-electron chi connectivity index (χ4n) is 2.11. The van der Waals surface area contributed by atoms with Crippen LogP contribution in [0.5, 0.6) is 0 Å². The van der Waals surface area contributed by atoms with Crippen LogP contribution in [0.25, 0.3) is 11.2 Å². The minimum Gasteiger partial charge on any atom is -0.394 e. The second-order valence-corrected chi connectivity index (χ2v) is 5.03. The van der Waals surface area contributed by atoms with E-state index in [2.05, 4.69) is 9.97 Å². The van der Waals surface area contributed by atoms with E-state index in [0.29, 0.717) is 0 Å². The van der Waals surface area contributed by atoms with Crippen molar-refractivity contribution in [2.24, 2.45) is 0 Å². The van der Waals surface area contributed by atoms with Crippen molar-refractivity contribution >= 4 is 11.2 Å². The predicted molar refractivity (Wildman–Crippen MR) is 77.1 cm³/mol. The van der Waals surface area contributed by atoms with Crippen molar-refractivity contribution in [1.82, 2.24) is 19.5 Å². The van der Waals surface area contributed by atoms with E-state index in [9.17, 15) is 29.7 Å². The maximum Gasteiger partial charge on any atom is 0.327 e. The van der Waals surface area contributed by atoms with Gasteiger partial charge in [-0.15, -0.1) is 0 Å². The van der Waals surface area contributed by atoms with Gasteiger partial charge in [0.05, 0.1) is 13.2 Å². The number of aliphatic hydroxyl groups excluding tert-OH is 4. The van der Waals surface area contributed by atoms with Crippen LogP contribution in [0.15, 0.2) is 14.4 Å². The number of aromatic amines is 2. The number of aromatic nitrogens is 4. The molecule has 2 aromatic heterocycles. The fourth-order valence-corrected chi connectivity index (χ4v) is 2.11. The van der Waals surface area contributed by atoms with Crippen molar-refractivity contribution in [3.63, 3.8) is 0 Å². The van der Waals surface area contributed by atoms with Gasteiger partial charge in [0.25, 0.3) is 11.1 Å². The highest BCUT2D eigenvalue weighted by molar-refractivity contribution is 5.68. The van der Waals surface area contributed by atoms with Gasteiger partial charge in [-0.3, -0.25) is 24.1 Å². The average Bonchev–Trinajstić information content (AvgIpc) is 2.51. The lowest BCUT2D eigenvalue weighted by atomic mass is 10.1. The summed E-state index contributed by atoms with van der Waals surface area (Å²) in [5.74, 6) is 0. The first-order valence-corrected chi connectivity index (χ1v) is 6.65. The highest BCUT2D eigenvalue weighted by atomic mass is 16.4. The SMILES string of the molecule is Cc1nc2c(=O)[nH]c(=O)[nH]c2n(C[C@@H](O)[C@@H](O)[C@@H](O)CO)c1=O. The molecule has 0 saturated carbocycles. The van der Waals surface area contributed by atoms with E-state index in [4.69, 9.17) is 5.11 Å². The van der Waals surface area contributed by atoms with Crippen LogP contribution in [0.2, 0.25) is 0 Å². The van der Waals surface area contributed by atoms with Crippen LogP contribution in [0.4, 0.5) is 0 Å². The lowest BCUT2D eigenvalue weighted by Crippen LogP contribution is -2.44. The third-order valence-electron chi connectivity index (χ3n) is 3.35. The predicted octanol–water partition coefficient (Wildman–Crippen LogP) is -3.84. The lowest BCUT2D eigenvalue weighted by molar-refractivity contribution is -0.0805. The molecular formula is C12H16N4O7. The zero-order valence-corrected chi connectivity index (χ0v) is 12.1. The van der Waals surface area contributed by atoms with Crippen molar-refractivity contribution in [3.05, 3.63) is 36.9 Å². The van der Waals surface area contributed by atoms with E-state index in [1.165, 1.54) is 6.92 Å². The van der Waals surface area contributed by atoms with Crippen LogP contribution >= 0.6 is 0 Å². The summed E-state index contributed by atoms with van der Waals surface area (Å²) in [6.45, 7) is 0.0181. The molecule has 0 aromatic carbocycles. The van der Waals surface area contributed by atoms with Gasteiger partial charge in [0.2, 0.25) is 0 Å². The maximum atomic E-state index is 12.2. The molecule has 2 aromatic rings. The number of fused-ring (bicyclic) bond motifs is 1. The largest absolute Gasteiger partial charge is 0.394 e. The molecule has 0 spiro atoms. The Bertz CT molecular complexity index is 884. The average molecular weight is 328 g/mol. The van der Waals surface area contributed by atoms with Gasteiger partial charge in [0, 0.05) is 0 Å². The van der Waals surface area contributed by atoms with Crippen LogP contribution < -0.4 is 16.8 Å². The van der Waals surface area contributed by atoms with Gasteiger partial charge < -0.3 is 20.4 Å². The van der Waals surface area contributed by atoms with Crippen LogP contribution in [0.3, 0.4) is 0 Å². The third kappa shape index (κ3) is 3.22. The fraction of sp³-hybridized carbons (Fsp3) is 0.500. The van der Waals surface area contributed by atoms with Gasteiger partial charge in [-0.25, -0.2) is 9.78 Å². The Kier molecular flexibility index (Phi) is 4.75. The van der Waals surface area contributed by atoms with E-state index in [0.717, 1.165) is 4.57 Å².